The number of fused-ring (bicyclic) bond motifs is 1. The summed E-state index contributed by atoms with van der Waals surface area (Å²) in [7, 11) is 4.10. The molecule has 0 aliphatic carbocycles. The van der Waals surface area contributed by atoms with Gasteiger partial charge in [0.05, 0.1) is 11.2 Å². The summed E-state index contributed by atoms with van der Waals surface area (Å²) in [5.74, 6) is 2.44. The number of anilines is 2. The zero-order chi connectivity index (χ0) is 16.5. The Morgan fingerprint density at radius 1 is 1.25 bits per heavy atom. The molecule has 124 valence electrons. The Kier molecular flexibility index (Phi) is 3.80. The van der Waals surface area contributed by atoms with Gasteiger partial charge < -0.3 is 14.2 Å². The molecule has 0 N–H and O–H groups in total. The molecular weight excluding hydrogens is 300 g/mol. The van der Waals surface area contributed by atoms with Gasteiger partial charge in [0.1, 0.15) is 12.1 Å². The molecule has 0 bridgehead atoms. The van der Waals surface area contributed by atoms with Crippen LogP contribution in [0.15, 0.2) is 43.1 Å². The summed E-state index contributed by atoms with van der Waals surface area (Å²) in [6.07, 6.45) is 10.0. The van der Waals surface area contributed by atoms with E-state index in [1.54, 1.807) is 12.5 Å². The molecule has 1 atom stereocenters. The van der Waals surface area contributed by atoms with Gasteiger partial charge in [-0.2, -0.15) is 0 Å². The van der Waals surface area contributed by atoms with Gasteiger partial charge in [0, 0.05) is 51.7 Å². The van der Waals surface area contributed by atoms with E-state index in [9.17, 15) is 0 Å². The van der Waals surface area contributed by atoms with E-state index < -0.39 is 0 Å². The van der Waals surface area contributed by atoms with E-state index in [2.05, 4.69) is 48.7 Å². The lowest BCUT2D eigenvalue weighted by molar-refractivity contribution is 0.497. The molecule has 6 heteroatoms. The van der Waals surface area contributed by atoms with E-state index in [0.717, 1.165) is 48.8 Å². The predicted octanol–water partition coefficient (Wildman–Crippen LogP) is 2.57. The zero-order valence-corrected chi connectivity index (χ0v) is 14.1. The molecule has 1 aliphatic rings. The maximum absolute atomic E-state index is 4.97. The number of hydrogen-bond donors (Lipinski definition) is 0. The molecule has 1 saturated heterocycles. The molecule has 0 aromatic carbocycles. The van der Waals surface area contributed by atoms with Crippen LogP contribution < -0.4 is 9.80 Å². The van der Waals surface area contributed by atoms with Gasteiger partial charge in [-0.1, -0.05) is 0 Å². The molecule has 4 rings (SSSR count). The van der Waals surface area contributed by atoms with Gasteiger partial charge in [0.25, 0.3) is 0 Å². The van der Waals surface area contributed by atoms with Gasteiger partial charge in [0.2, 0.25) is 0 Å². The third-order valence-corrected chi connectivity index (χ3v) is 4.67. The molecule has 1 aliphatic heterocycles. The van der Waals surface area contributed by atoms with Gasteiger partial charge in [-0.3, -0.25) is 0 Å². The standard InChI is InChI=1S/C18H22N6/c1-22(2)18-16-6-4-9-23(16)12-15(21-18)14-5-3-10-24(11-14)17-7-8-19-13-20-17/h4,6-9,12-14H,3,5,10-11H2,1-2H3/t14-/m0/s1. The molecule has 1 fully saturated rings. The summed E-state index contributed by atoms with van der Waals surface area (Å²) in [6, 6.07) is 6.16. The van der Waals surface area contributed by atoms with Crippen molar-refractivity contribution < 1.29 is 0 Å². The van der Waals surface area contributed by atoms with Crippen LogP contribution >= 0.6 is 0 Å². The summed E-state index contributed by atoms with van der Waals surface area (Å²) in [5, 5.41) is 0. The van der Waals surface area contributed by atoms with Crippen LogP contribution in [0.3, 0.4) is 0 Å². The maximum atomic E-state index is 4.97. The highest BCUT2D eigenvalue weighted by Crippen LogP contribution is 2.30. The van der Waals surface area contributed by atoms with Crippen molar-refractivity contribution in [2.75, 3.05) is 37.0 Å². The van der Waals surface area contributed by atoms with Crippen LogP contribution in [0.25, 0.3) is 5.52 Å². The number of nitrogens with zero attached hydrogens (tertiary/aromatic N) is 6. The van der Waals surface area contributed by atoms with Crippen molar-refractivity contribution in [1.82, 2.24) is 19.4 Å². The largest absolute Gasteiger partial charge is 0.361 e. The molecule has 0 spiro atoms. The molecular formula is C18H22N6. The first kappa shape index (κ1) is 14.9. The summed E-state index contributed by atoms with van der Waals surface area (Å²) < 4.78 is 2.18. The topological polar surface area (TPSA) is 49.6 Å². The fourth-order valence-corrected chi connectivity index (χ4v) is 3.47. The third-order valence-electron chi connectivity index (χ3n) is 4.67. The van der Waals surface area contributed by atoms with E-state index in [4.69, 9.17) is 4.98 Å². The Bertz CT molecular complexity index is 826. The minimum Gasteiger partial charge on any atom is -0.361 e. The molecule has 3 aromatic rings. The quantitative estimate of drug-likeness (QED) is 0.742. The number of hydrogen-bond acceptors (Lipinski definition) is 5. The zero-order valence-electron chi connectivity index (χ0n) is 14.1. The maximum Gasteiger partial charge on any atom is 0.152 e. The minimum atomic E-state index is 0.416. The molecule has 0 radical (unpaired) electrons. The van der Waals surface area contributed by atoms with Crippen molar-refractivity contribution >= 4 is 17.2 Å². The molecule has 0 saturated carbocycles. The Hall–Kier alpha value is -2.63. The van der Waals surface area contributed by atoms with Crippen molar-refractivity contribution in [3.8, 4) is 0 Å². The van der Waals surface area contributed by atoms with Gasteiger partial charge >= 0.3 is 0 Å². The van der Waals surface area contributed by atoms with Crippen LogP contribution in [0.4, 0.5) is 11.6 Å². The van der Waals surface area contributed by atoms with Crippen LogP contribution in [-0.2, 0) is 0 Å². The molecule has 4 heterocycles. The van der Waals surface area contributed by atoms with Crippen LogP contribution in [0.2, 0.25) is 0 Å². The highest BCUT2D eigenvalue weighted by atomic mass is 15.2. The number of aromatic nitrogens is 4. The fraction of sp³-hybridized carbons (Fsp3) is 0.389. The molecule has 6 nitrogen and oxygen atoms in total. The average Bonchev–Trinajstić information content (AvgIpc) is 3.10. The lowest BCUT2D eigenvalue weighted by Gasteiger charge is -2.33. The van der Waals surface area contributed by atoms with E-state index in [0.29, 0.717) is 5.92 Å². The Balaban J connectivity index is 1.67. The summed E-state index contributed by atoms with van der Waals surface area (Å²) in [6.45, 7) is 1.99. The minimum absolute atomic E-state index is 0.416. The smallest absolute Gasteiger partial charge is 0.152 e. The van der Waals surface area contributed by atoms with Crippen LogP contribution in [-0.4, -0.2) is 46.5 Å². The Morgan fingerprint density at radius 3 is 2.96 bits per heavy atom. The highest BCUT2D eigenvalue weighted by Gasteiger charge is 2.24. The lowest BCUT2D eigenvalue weighted by Crippen LogP contribution is -2.35. The first-order valence-corrected chi connectivity index (χ1v) is 8.38. The lowest BCUT2D eigenvalue weighted by atomic mass is 9.95. The van der Waals surface area contributed by atoms with Crippen molar-refractivity contribution in [3.05, 3.63) is 48.8 Å². The normalized spacial score (nSPS) is 18.1. The monoisotopic (exact) mass is 322 g/mol. The van der Waals surface area contributed by atoms with Crippen LogP contribution in [0, 0.1) is 0 Å². The molecule has 0 amide bonds. The van der Waals surface area contributed by atoms with Gasteiger partial charge in [-0.05, 0) is 31.0 Å². The van der Waals surface area contributed by atoms with Crippen LogP contribution in [0.5, 0.6) is 0 Å². The van der Waals surface area contributed by atoms with E-state index in [-0.39, 0.29) is 0 Å². The SMILES string of the molecule is CN(C)c1nc([C@H]2CCCN(c3ccncn3)C2)cn2cccc12. The first-order valence-electron chi connectivity index (χ1n) is 8.38. The molecule has 24 heavy (non-hydrogen) atoms. The Morgan fingerprint density at radius 2 is 2.17 bits per heavy atom. The second-order valence-corrected chi connectivity index (χ2v) is 6.54. The number of piperidine rings is 1. The molecule has 0 unspecified atom stereocenters. The van der Waals surface area contributed by atoms with Crippen molar-refractivity contribution in [1.29, 1.82) is 0 Å². The van der Waals surface area contributed by atoms with Crippen LogP contribution in [0.1, 0.15) is 24.5 Å². The van der Waals surface area contributed by atoms with Gasteiger partial charge in [0.15, 0.2) is 5.82 Å². The average molecular weight is 322 g/mol. The molecule has 3 aromatic heterocycles. The van der Waals surface area contributed by atoms with E-state index in [1.807, 2.05) is 20.2 Å². The summed E-state index contributed by atoms with van der Waals surface area (Å²) in [5.41, 5.74) is 2.30. The predicted molar refractivity (Wildman–Crippen MR) is 95.7 cm³/mol. The van der Waals surface area contributed by atoms with E-state index >= 15 is 0 Å². The van der Waals surface area contributed by atoms with E-state index in [1.165, 1.54) is 0 Å². The third kappa shape index (κ3) is 2.68. The van der Waals surface area contributed by atoms with Gasteiger partial charge in [-0.15, -0.1) is 0 Å². The summed E-state index contributed by atoms with van der Waals surface area (Å²) in [4.78, 5) is 17.8. The second kappa shape index (κ2) is 6.11. The fourth-order valence-electron chi connectivity index (χ4n) is 3.47. The number of rotatable bonds is 3. The first-order chi connectivity index (χ1) is 11.7. The van der Waals surface area contributed by atoms with Crippen molar-refractivity contribution in [3.63, 3.8) is 0 Å². The summed E-state index contributed by atoms with van der Waals surface area (Å²) >= 11 is 0. The van der Waals surface area contributed by atoms with Crippen molar-refractivity contribution in [2.45, 2.75) is 18.8 Å². The highest BCUT2D eigenvalue weighted by molar-refractivity contribution is 5.69. The second-order valence-electron chi connectivity index (χ2n) is 6.54. The van der Waals surface area contributed by atoms with Crippen molar-refractivity contribution in [2.24, 2.45) is 0 Å². The Labute approximate surface area is 141 Å². The van der Waals surface area contributed by atoms with Gasteiger partial charge in [-0.25, -0.2) is 15.0 Å².